The molecule has 172 valence electrons. The van der Waals surface area contributed by atoms with Crippen molar-refractivity contribution in [2.45, 2.75) is 32.7 Å². The predicted octanol–water partition coefficient (Wildman–Crippen LogP) is 3.75. The first-order chi connectivity index (χ1) is 15.8. The van der Waals surface area contributed by atoms with Gasteiger partial charge in [-0.25, -0.2) is 18.3 Å². The predicted molar refractivity (Wildman–Crippen MR) is 119 cm³/mol. The second kappa shape index (κ2) is 8.97. The van der Waals surface area contributed by atoms with Crippen molar-refractivity contribution in [3.05, 3.63) is 65.2 Å². The average Bonchev–Trinajstić information content (AvgIpc) is 3.35. The van der Waals surface area contributed by atoms with Gasteiger partial charge in [-0.05, 0) is 56.2 Å². The van der Waals surface area contributed by atoms with Crippen LogP contribution < -0.4 is 10.1 Å². The molecule has 0 fully saturated rings. The number of fused-ring (bicyclic) bond motifs is 1. The third-order valence-corrected chi connectivity index (χ3v) is 5.37. The van der Waals surface area contributed by atoms with Crippen LogP contribution in [-0.2, 0) is 13.5 Å². The van der Waals surface area contributed by atoms with Crippen molar-refractivity contribution in [1.82, 2.24) is 29.7 Å². The molecule has 1 atom stereocenters. The third kappa shape index (κ3) is 4.55. The fourth-order valence-electron chi connectivity index (χ4n) is 3.74. The summed E-state index contributed by atoms with van der Waals surface area (Å²) in [6, 6.07) is 7.95. The van der Waals surface area contributed by atoms with Crippen LogP contribution in [-0.4, -0.2) is 43.4 Å². The molecule has 1 N–H and O–H groups in total. The van der Waals surface area contributed by atoms with E-state index in [1.54, 1.807) is 36.1 Å². The summed E-state index contributed by atoms with van der Waals surface area (Å²) in [5.41, 5.74) is 2.70. The van der Waals surface area contributed by atoms with Crippen LogP contribution in [0.25, 0.3) is 16.9 Å². The van der Waals surface area contributed by atoms with E-state index in [-0.39, 0.29) is 22.9 Å². The Morgan fingerprint density at radius 3 is 2.58 bits per heavy atom. The van der Waals surface area contributed by atoms with E-state index in [0.29, 0.717) is 23.4 Å². The minimum absolute atomic E-state index is 0.0703. The molecule has 10 heteroatoms. The molecule has 3 heterocycles. The van der Waals surface area contributed by atoms with E-state index >= 15 is 0 Å². The van der Waals surface area contributed by atoms with Crippen molar-refractivity contribution >= 4 is 11.6 Å². The highest BCUT2D eigenvalue weighted by atomic mass is 19.3. The second-order valence-corrected chi connectivity index (χ2v) is 7.88. The Labute approximate surface area is 189 Å². The third-order valence-electron chi connectivity index (χ3n) is 5.37. The number of aryl methyl sites for hydroxylation is 2. The number of carbonyl (C=O) groups excluding carboxylic acids is 1. The molecule has 1 aromatic carbocycles. The molecule has 8 nitrogen and oxygen atoms in total. The van der Waals surface area contributed by atoms with Crippen LogP contribution >= 0.6 is 0 Å². The van der Waals surface area contributed by atoms with Gasteiger partial charge in [0.25, 0.3) is 12.3 Å². The Morgan fingerprint density at radius 2 is 1.97 bits per heavy atom. The van der Waals surface area contributed by atoms with Crippen LogP contribution in [0.5, 0.6) is 5.75 Å². The summed E-state index contributed by atoms with van der Waals surface area (Å²) in [5, 5.41) is 11.2. The highest BCUT2D eigenvalue weighted by molar-refractivity contribution is 6.00. The number of alkyl halides is 2. The normalized spacial score (nSPS) is 12.3. The van der Waals surface area contributed by atoms with Gasteiger partial charge in [0, 0.05) is 24.8 Å². The number of hydrogen-bond donors (Lipinski definition) is 1. The van der Waals surface area contributed by atoms with Gasteiger partial charge in [-0.1, -0.05) is 0 Å². The van der Waals surface area contributed by atoms with Gasteiger partial charge in [0.15, 0.2) is 5.65 Å². The van der Waals surface area contributed by atoms with E-state index in [1.807, 2.05) is 27.1 Å². The molecule has 0 aliphatic rings. The Bertz CT molecular complexity index is 1300. The Hall–Kier alpha value is -3.82. The zero-order valence-corrected chi connectivity index (χ0v) is 18.7. The number of halogens is 2. The van der Waals surface area contributed by atoms with Crippen molar-refractivity contribution in [3.8, 4) is 17.0 Å². The molecule has 0 saturated heterocycles. The number of aromatic nitrogens is 5. The number of ether oxygens (including phenoxy) is 1. The molecule has 1 unspecified atom stereocenters. The first-order valence-corrected chi connectivity index (χ1v) is 10.4. The van der Waals surface area contributed by atoms with E-state index in [4.69, 9.17) is 4.74 Å². The van der Waals surface area contributed by atoms with Gasteiger partial charge in [0.2, 0.25) is 0 Å². The van der Waals surface area contributed by atoms with Gasteiger partial charge >= 0.3 is 0 Å². The van der Waals surface area contributed by atoms with Crippen LogP contribution in [0.4, 0.5) is 8.78 Å². The minimum Gasteiger partial charge on any atom is -0.497 e. The Morgan fingerprint density at radius 1 is 1.24 bits per heavy atom. The minimum atomic E-state index is -2.80. The Balaban J connectivity index is 1.66. The molecule has 4 rings (SSSR count). The molecular weight excluding hydrogens is 430 g/mol. The quantitative estimate of drug-likeness (QED) is 0.460. The first-order valence-electron chi connectivity index (χ1n) is 10.4. The maximum Gasteiger partial charge on any atom is 0.280 e. The monoisotopic (exact) mass is 454 g/mol. The lowest BCUT2D eigenvalue weighted by Crippen LogP contribution is -2.34. The fourth-order valence-corrected chi connectivity index (χ4v) is 3.74. The maximum atomic E-state index is 13.8. The first kappa shape index (κ1) is 22.4. The number of methoxy groups -OCH3 is 1. The van der Waals surface area contributed by atoms with Gasteiger partial charge in [0.1, 0.15) is 17.0 Å². The maximum absolute atomic E-state index is 13.8. The number of benzene rings is 1. The van der Waals surface area contributed by atoms with Crippen LogP contribution in [0.15, 0.2) is 42.7 Å². The summed E-state index contributed by atoms with van der Waals surface area (Å²) >= 11 is 0. The van der Waals surface area contributed by atoms with Crippen LogP contribution in [0.1, 0.15) is 40.7 Å². The number of rotatable bonds is 7. The summed E-state index contributed by atoms with van der Waals surface area (Å²) in [6.45, 7) is 3.78. The standard InChI is InChI=1S/C23H24F2N6O2/c1-13(9-16-12-30(3)29-14(16)2)27-23(32)18-11-26-31-20(21(24)25)10-19(28-22(18)31)15-5-7-17(33-4)8-6-15/h5-8,10-13,21H,9H2,1-4H3,(H,27,32). The Kier molecular flexibility index (Phi) is 6.08. The molecule has 3 aromatic heterocycles. The largest absolute Gasteiger partial charge is 0.497 e. The molecular formula is C23H24F2N6O2. The molecule has 0 aliphatic heterocycles. The lowest BCUT2D eigenvalue weighted by atomic mass is 10.1. The highest BCUT2D eigenvalue weighted by Gasteiger charge is 2.22. The van der Waals surface area contributed by atoms with Gasteiger partial charge in [0.05, 0.1) is 24.7 Å². The molecule has 1 amide bonds. The zero-order valence-electron chi connectivity index (χ0n) is 18.7. The topological polar surface area (TPSA) is 86.3 Å². The number of carbonyl (C=O) groups is 1. The molecule has 4 aromatic rings. The summed E-state index contributed by atoms with van der Waals surface area (Å²) < 4.78 is 35.5. The number of nitrogens with zero attached hydrogens (tertiary/aromatic N) is 5. The molecule has 0 spiro atoms. The summed E-state index contributed by atoms with van der Waals surface area (Å²) in [5.74, 6) is 0.204. The highest BCUT2D eigenvalue weighted by Crippen LogP contribution is 2.28. The second-order valence-electron chi connectivity index (χ2n) is 7.88. The summed E-state index contributed by atoms with van der Waals surface area (Å²) in [4.78, 5) is 17.5. The van der Waals surface area contributed by atoms with Gasteiger partial charge in [-0.2, -0.15) is 10.2 Å². The van der Waals surface area contributed by atoms with E-state index in [2.05, 4.69) is 20.5 Å². The van der Waals surface area contributed by atoms with Gasteiger partial charge in [-0.15, -0.1) is 0 Å². The van der Waals surface area contributed by atoms with E-state index in [1.165, 1.54) is 12.3 Å². The van der Waals surface area contributed by atoms with Crippen molar-refractivity contribution in [2.24, 2.45) is 7.05 Å². The van der Waals surface area contributed by atoms with Gasteiger partial charge in [-0.3, -0.25) is 9.48 Å². The summed E-state index contributed by atoms with van der Waals surface area (Å²) in [6.07, 6.45) is 0.960. The van der Waals surface area contributed by atoms with Crippen molar-refractivity contribution < 1.29 is 18.3 Å². The lowest BCUT2D eigenvalue weighted by molar-refractivity contribution is 0.0941. The number of amides is 1. The number of nitrogens with one attached hydrogen (secondary N) is 1. The molecule has 33 heavy (non-hydrogen) atoms. The van der Waals surface area contributed by atoms with E-state index in [9.17, 15) is 13.6 Å². The van der Waals surface area contributed by atoms with Crippen LogP contribution in [0.3, 0.4) is 0 Å². The molecule has 0 bridgehead atoms. The van der Waals surface area contributed by atoms with Crippen LogP contribution in [0.2, 0.25) is 0 Å². The van der Waals surface area contributed by atoms with Crippen LogP contribution in [0, 0.1) is 6.92 Å². The van der Waals surface area contributed by atoms with E-state index < -0.39 is 12.3 Å². The fraction of sp³-hybridized carbons (Fsp3) is 0.304. The lowest BCUT2D eigenvalue weighted by Gasteiger charge is -2.13. The number of hydrogen-bond acceptors (Lipinski definition) is 5. The zero-order chi connectivity index (χ0) is 23.7. The SMILES string of the molecule is COc1ccc(-c2cc(C(F)F)n3ncc(C(=O)NC(C)Cc4cn(C)nc4C)c3n2)cc1. The van der Waals surface area contributed by atoms with Crippen molar-refractivity contribution in [3.63, 3.8) is 0 Å². The average molecular weight is 454 g/mol. The van der Waals surface area contributed by atoms with Crippen molar-refractivity contribution in [2.75, 3.05) is 7.11 Å². The van der Waals surface area contributed by atoms with Crippen molar-refractivity contribution in [1.29, 1.82) is 0 Å². The van der Waals surface area contributed by atoms with Gasteiger partial charge < -0.3 is 10.1 Å². The summed E-state index contributed by atoms with van der Waals surface area (Å²) in [7, 11) is 3.38. The molecule has 0 radical (unpaired) electrons. The molecule has 0 aliphatic carbocycles. The molecule has 0 saturated carbocycles. The van der Waals surface area contributed by atoms with E-state index in [0.717, 1.165) is 15.8 Å². The smallest absolute Gasteiger partial charge is 0.280 e.